The molecular formula is C10H18N2O3. The van der Waals surface area contributed by atoms with Crippen LogP contribution in [-0.4, -0.2) is 41.0 Å². The van der Waals surface area contributed by atoms with Crippen molar-refractivity contribution in [2.45, 2.75) is 32.7 Å². The Kier molecular flexibility index (Phi) is 3.34. The van der Waals surface area contributed by atoms with Crippen LogP contribution in [0.2, 0.25) is 0 Å². The quantitative estimate of drug-likeness (QED) is 0.695. The number of hydrogen-bond acceptors (Lipinski definition) is 3. The lowest BCUT2D eigenvalue weighted by Crippen LogP contribution is -2.43. The molecule has 0 bridgehead atoms. The Hall–Kier alpha value is -1.10. The molecule has 0 aromatic rings. The van der Waals surface area contributed by atoms with Gasteiger partial charge >= 0.3 is 5.97 Å². The number of carbonyl (C=O) groups excluding carboxylic acids is 1. The van der Waals surface area contributed by atoms with Crippen molar-refractivity contribution in [3.63, 3.8) is 0 Å². The van der Waals surface area contributed by atoms with Gasteiger partial charge in [-0.25, -0.2) is 0 Å². The van der Waals surface area contributed by atoms with Crippen LogP contribution >= 0.6 is 0 Å². The van der Waals surface area contributed by atoms with Gasteiger partial charge in [-0.05, 0) is 19.8 Å². The lowest BCUT2D eigenvalue weighted by molar-refractivity contribution is -0.148. The molecule has 0 aliphatic carbocycles. The van der Waals surface area contributed by atoms with Crippen molar-refractivity contribution in [1.29, 1.82) is 0 Å². The molecule has 5 nitrogen and oxygen atoms in total. The number of amides is 1. The van der Waals surface area contributed by atoms with E-state index in [9.17, 15) is 9.59 Å². The Bertz CT molecular complexity index is 278. The lowest BCUT2D eigenvalue weighted by Gasteiger charge is -2.23. The maximum absolute atomic E-state index is 11.6. The first-order chi connectivity index (χ1) is 6.93. The molecular weight excluding hydrogens is 196 g/mol. The fraction of sp³-hybridized carbons (Fsp3) is 0.800. The zero-order valence-corrected chi connectivity index (χ0v) is 9.19. The maximum atomic E-state index is 11.6. The van der Waals surface area contributed by atoms with Crippen molar-refractivity contribution in [1.82, 2.24) is 4.90 Å². The topological polar surface area (TPSA) is 83.6 Å². The molecule has 86 valence electrons. The number of carboxylic acid groups (broad SMARTS) is 1. The van der Waals surface area contributed by atoms with Crippen molar-refractivity contribution in [3.05, 3.63) is 0 Å². The molecule has 1 rings (SSSR count). The second-order valence-corrected chi connectivity index (χ2v) is 4.24. The fourth-order valence-corrected chi connectivity index (χ4v) is 1.96. The third-order valence-electron chi connectivity index (χ3n) is 3.19. The van der Waals surface area contributed by atoms with Crippen LogP contribution in [0.5, 0.6) is 0 Å². The first-order valence-electron chi connectivity index (χ1n) is 5.21. The maximum Gasteiger partial charge on any atom is 0.311 e. The van der Waals surface area contributed by atoms with Gasteiger partial charge < -0.3 is 15.7 Å². The summed E-state index contributed by atoms with van der Waals surface area (Å²) in [4.78, 5) is 24.3. The standard InChI is InChI=1S/C10H18N2O3/c1-3-10(9(14)15)4-5-12(6-10)8(13)7(2)11/h7H,3-6,11H2,1-2H3,(H,14,15)/t7-,10?/m1/s1. The number of nitrogens with zero attached hydrogens (tertiary/aromatic N) is 1. The molecule has 0 aromatic carbocycles. The number of nitrogens with two attached hydrogens (primary N) is 1. The van der Waals surface area contributed by atoms with E-state index in [4.69, 9.17) is 10.8 Å². The van der Waals surface area contributed by atoms with E-state index in [0.29, 0.717) is 25.9 Å². The van der Waals surface area contributed by atoms with Crippen molar-refractivity contribution in [3.8, 4) is 0 Å². The summed E-state index contributed by atoms with van der Waals surface area (Å²) in [6, 6.07) is -0.550. The van der Waals surface area contributed by atoms with Crippen LogP contribution in [0.4, 0.5) is 0 Å². The summed E-state index contributed by atoms with van der Waals surface area (Å²) in [6.07, 6.45) is 1.07. The predicted molar refractivity (Wildman–Crippen MR) is 55.2 cm³/mol. The average Bonchev–Trinajstić information content (AvgIpc) is 2.61. The van der Waals surface area contributed by atoms with E-state index >= 15 is 0 Å². The van der Waals surface area contributed by atoms with E-state index in [1.807, 2.05) is 6.92 Å². The van der Waals surface area contributed by atoms with E-state index in [1.165, 1.54) is 0 Å². The van der Waals surface area contributed by atoms with E-state index in [1.54, 1.807) is 11.8 Å². The molecule has 2 atom stereocenters. The van der Waals surface area contributed by atoms with Crippen molar-refractivity contribution in [2.75, 3.05) is 13.1 Å². The number of aliphatic carboxylic acids is 1. The minimum atomic E-state index is -0.815. The van der Waals surface area contributed by atoms with Crippen LogP contribution in [0.25, 0.3) is 0 Å². The highest BCUT2D eigenvalue weighted by Crippen LogP contribution is 2.34. The summed E-state index contributed by atoms with van der Waals surface area (Å²) in [7, 11) is 0. The van der Waals surface area contributed by atoms with E-state index < -0.39 is 17.4 Å². The van der Waals surface area contributed by atoms with Crippen molar-refractivity contribution < 1.29 is 14.7 Å². The minimum Gasteiger partial charge on any atom is -0.481 e. The molecule has 1 amide bonds. The second kappa shape index (κ2) is 4.18. The zero-order chi connectivity index (χ0) is 11.6. The van der Waals surface area contributed by atoms with Gasteiger partial charge in [-0.3, -0.25) is 9.59 Å². The third-order valence-corrected chi connectivity index (χ3v) is 3.19. The summed E-state index contributed by atoms with van der Waals surface area (Å²) in [5.74, 6) is -0.975. The Morgan fingerprint density at radius 2 is 2.20 bits per heavy atom. The molecule has 5 heteroatoms. The highest BCUT2D eigenvalue weighted by atomic mass is 16.4. The van der Waals surface area contributed by atoms with Gasteiger partial charge in [0.1, 0.15) is 0 Å². The molecule has 0 aromatic heterocycles. The summed E-state index contributed by atoms with van der Waals surface area (Å²) in [6.45, 7) is 4.25. The molecule has 1 aliphatic heterocycles. The summed E-state index contributed by atoms with van der Waals surface area (Å²) in [5, 5.41) is 9.13. The average molecular weight is 214 g/mol. The summed E-state index contributed by atoms with van der Waals surface area (Å²) in [5.41, 5.74) is 4.72. The molecule has 1 unspecified atom stereocenters. The molecule has 15 heavy (non-hydrogen) atoms. The number of likely N-dealkylation sites (tertiary alicyclic amines) is 1. The van der Waals surface area contributed by atoms with E-state index in [2.05, 4.69) is 0 Å². The van der Waals surface area contributed by atoms with Crippen molar-refractivity contribution >= 4 is 11.9 Å². The SMILES string of the molecule is CCC1(C(=O)O)CCN(C(=O)[C@@H](C)N)C1. The largest absolute Gasteiger partial charge is 0.481 e. The molecule has 1 heterocycles. The highest BCUT2D eigenvalue weighted by Gasteiger charge is 2.44. The second-order valence-electron chi connectivity index (χ2n) is 4.24. The molecule has 0 spiro atoms. The first-order valence-corrected chi connectivity index (χ1v) is 5.21. The van der Waals surface area contributed by atoms with Gasteiger partial charge in [0.15, 0.2) is 0 Å². The molecule has 1 fully saturated rings. The van der Waals surface area contributed by atoms with Gasteiger partial charge in [-0.1, -0.05) is 6.92 Å². The van der Waals surface area contributed by atoms with Crippen LogP contribution in [0, 0.1) is 5.41 Å². The molecule has 0 saturated carbocycles. The Labute approximate surface area is 89.2 Å². The highest BCUT2D eigenvalue weighted by molar-refractivity contribution is 5.83. The Balaban J connectivity index is 2.73. The normalized spacial score (nSPS) is 27.8. The number of hydrogen-bond donors (Lipinski definition) is 2. The molecule has 0 radical (unpaired) electrons. The number of rotatable bonds is 3. The summed E-state index contributed by atoms with van der Waals surface area (Å²) < 4.78 is 0. The van der Waals surface area contributed by atoms with Gasteiger partial charge in [-0.15, -0.1) is 0 Å². The number of carboxylic acids is 1. The smallest absolute Gasteiger partial charge is 0.311 e. The monoisotopic (exact) mass is 214 g/mol. The third kappa shape index (κ3) is 2.12. The van der Waals surface area contributed by atoms with Gasteiger partial charge in [-0.2, -0.15) is 0 Å². The summed E-state index contributed by atoms with van der Waals surface area (Å²) >= 11 is 0. The van der Waals surface area contributed by atoms with E-state index in [-0.39, 0.29) is 5.91 Å². The fourth-order valence-electron chi connectivity index (χ4n) is 1.96. The molecule has 1 saturated heterocycles. The van der Waals surface area contributed by atoms with Crippen LogP contribution in [0.1, 0.15) is 26.7 Å². The molecule has 1 aliphatic rings. The van der Waals surface area contributed by atoms with Gasteiger partial charge in [0.2, 0.25) is 5.91 Å². The van der Waals surface area contributed by atoms with Crippen LogP contribution in [0.3, 0.4) is 0 Å². The number of carbonyl (C=O) groups is 2. The first kappa shape index (κ1) is 12.0. The van der Waals surface area contributed by atoms with Crippen LogP contribution < -0.4 is 5.73 Å². The van der Waals surface area contributed by atoms with Gasteiger partial charge in [0.05, 0.1) is 11.5 Å². The van der Waals surface area contributed by atoms with Crippen LogP contribution in [-0.2, 0) is 9.59 Å². The van der Waals surface area contributed by atoms with Crippen LogP contribution in [0.15, 0.2) is 0 Å². The van der Waals surface area contributed by atoms with E-state index in [0.717, 1.165) is 0 Å². The Morgan fingerprint density at radius 1 is 1.60 bits per heavy atom. The predicted octanol–water partition coefficient (Wildman–Crippen LogP) is 0.0469. The molecule has 3 N–H and O–H groups in total. The van der Waals surface area contributed by atoms with Gasteiger partial charge in [0, 0.05) is 13.1 Å². The van der Waals surface area contributed by atoms with Gasteiger partial charge in [0.25, 0.3) is 0 Å². The lowest BCUT2D eigenvalue weighted by atomic mass is 9.84. The van der Waals surface area contributed by atoms with Crippen molar-refractivity contribution in [2.24, 2.45) is 11.1 Å². The minimum absolute atomic E-state index is 0.161. The zero-order valence-electron chi connectivity index (χ0n) is 9.19. The Morgan fingerprint density at radius 3 is 2.53 bits per heavy atom.